The lowest BCUT2D eigenvalue weighted by Gasteiger charge is -2.44. The summed E-state index contributed by atoms with van der Waals surface area (Å²) in [6.07, 6.45) is 6.81. The molecule has 5 aliphatic heterocycles. The van der Waals surface area contributed by atoms with Gasteiger partial charge in [0.25, 0.3) is 0 Å². The Morgan fingerprint density at radius 2 is 2.02 bits per heavy atom. The predicted molar refractivity (Wildman–Crippen MR) is 188 cm³/mol. The zero-order valence-corrected chi connectivity index (χ0v) is 29.1. The van der Waals surface area contributed by atoms with E-state index in [1.165, 1.54) is 12.1 Å². The number of phenolic OH excluding ortho intramolecular Hbond substituents is 1. The van der Waals surface area contributed by atoms with E-state index < -0.39 is 11.6 Å². The molecule has 2 N–H and O–H groups in total. The highest BCUT2D eigenvalue weighted by Gasteiger charge is 2.50. The average Bonchev–Trinajstić information content (AvgIpc) is 3.76. The normalized spacial score (nSPS) is 28.4. The number of carbonyl (C=O) groups excluding carboxylic acids is 1. The number of piperazine rings is 1. The number of aromatic hydroxyl groups is 1. The molecule has 4 atom stereocenters. The number of hydrogen-bond acceptors (Lipinski definition) is 10. The SMILES string of the molecule is CCc1c(F)ccc2cc(O)cc(-c3ncc4c5nc(nc4c3F)OC[C@]34CCCN3C[C@@H](C4)OCCC(=O)N(C)C[C@@]34CC[C@@H](CN5C3)N4)c12. The molecule has 2 aromatic heterocycles. The zero-order chi connectivity index (χ0) is 35.1. The van der Waals surface area contributed by atoms with Gasteiger partial charge in [-0.25, -0.2) is 8.78 Å². The van der Waals surface area contributed by atoms with Crippen LogP contribution in [0.1, 0.15) is 51.0 Å². The molecule has 1 amide bonds. The molecule has 7 heterocycles. The third-order valence-corrected chi connectivity index (χ3v) is 12.0. The molecule has 268 valence electrons. The maximum Gasteiger partial charge on any atom is 0.319 e. The van der Waals surface area contributed by atoms with Crippen LogP contribution in [0.25, 0.3) is 32.9 Å². The van der Waals surface area contributed by atoms with Crippen molar-refractivity contribution >= 4 is 33.4 Å². The van der Waals surface area contributed by atoms with Crippen molar-refractivity contribution in [3.63, 3.8) is 0 Å². The van der Waals surface area contributed by atoms with E-state index in [0.717, 1.165) is 45.2 Å². The van der Waals surface area contributed by atoms with Gasteiger partial charge in [-0.2, -0.15) is 9.97 Å². The molecule has 0 aliphatic carbocycles. The number of nitrogens with zero attached hydrogens (tertiary/aromatic N) is 6. The van der Waals surface area contributed by atoms with Crippen LogP contribution in [0.2, 0.25) is 0 Å². The third kappa shape index (κ3) is 5.46. The molecular weight excluding hydrogens is 656 g/mol. The van der Waals surface area contributed by atoms with Crippen LogP contribution in [0.3, 0.4) is 0 Å². The maximum atomic E-state index is 17.2. The molecule has 4 fully saturated rings. The van der Waals surface area contributed by atoms with Crippen molar-refractivity contribution in [3.8, 4) is 23.0 Å². The smallest absolute Gasteiger partial charge is 0.319 e. The van der Waals surface area contributed by atoms with Crippen LogP contribution >= 0.6 is 0 Å². The van der Waals surface area contributed by atoms with E-state index in [2.05, 4.69) is 20.1 Å². The minimum atomic E-state index is -0.696. The van der Waals surface area contributed by atoms with Gasteiger partial charge in [-0.15, -0.1) is 0 Å². The van der Waals surface area contributed by atoms with Gasteiger partial charge in [0.1, 0.15) is 35.2 Å². The number of halogens is 2. The van der Waals surface area contributed by atoms with Crippen LogP contribution < -0.4 is 15.0 Å². The summed E-state index contributed by atoms with van der Waals surface area (Å²) < 4.78 is 45.0. The highest BCUT2D eigenvalue weighted by molar-refractivity contribution is 6.01. The van der Waals surface area contributed by atoms with Crippen LogP contribution in [0.4, 0.5) is 14.6 Å². The first-order chi connectivity index (χ1) is 24.6. The molecule has 51 heavy (non-hydrogen) atoms. The van der Waals surface area contributed by atoms with Gasteiger partial charge in [0.15, 0.2) is 5.82 Å². The van der Waals surface area contributed by atoms with E-state index in [1.54, 1.807) is 18.3 Å². The van der Waals surface area contributed by atoms with Crippen molar-refractivity contribution in [2.24, 2.45) is 0 Å². The topological polar surface area (TPSA) is 116 Å². The van der Waals surface area contributed by atoms with Crippen molar-refractivity contribution < 1.29 is 28.2 Å². The zero-order valence-electron chi connectivity index (χ0n) is 29.1. The summed E-state index contributed by atoms with van der Waals surface area (Å²) in [4.78, 5) is 34.0. The van der Waals surface area contributed by atoms with E-state index in [0.29, 0.717) is 78.8 Å². The van der Waals surface area contributed by atoms with Gasteiger partial charge < -0.3 is 29.7 Å². The Balaban J connectivity index is 1.20. The van der Waals surface area contributed by atoms with Crippen LogP contribution in [0.15, 0.2) is 30.5 Å². The van der Waals surface area contributed by atoms with E-state index in [1.807, 2.05) is 18.9 Å². The monoisotopic (exact) mass is 699 g/mol. The summed E-state index contributed by atoms with van der Waals surface area (Å²) in [6, 6.07) is 6.18. The van der Waals surface area contributed by atoms with Gasteiger partial charge in [0, 0.05) is 51.0 Å². The number of amides is 1. The lowest BCUT2D eigenvalue weighted by molar-refractivity contribution is -0.132. The number of anilines is 1. The molecule has 7 bridgehead atoms. The van der Waals surface area contributed by atoms with Crippen molar-refractivity contribution in [2.75, 3.05) is 57.9 Å². The summed E-state index contributed by atoms with van der Waals surface area (Å²) in [5.41, 5.74) is 0.0767. The van der Waals surface area contributed by atoms with Gasteiger partial charge in [-0.3, -0.25) is 14.7 Å². The number of fused-ring (bicyclic) bond motifs is 9. The Kier molecular flexibility index (Phi) is 7.82. The number of phenols is 1. The molecular formula is C38H43F2N7O4. The Morgan fingerprint density at radius 3 is 2.88 bits per heavy atom. The number of carbonyl (C=O) groups is 1. The first-order valence-corrected chi connectivity index (χ1v) is 18.2. The molecule has 2 aromatic carbocycles. The number of aryl methyl sites for hydroxylation is 1. The number of benzene rings is 2. The second-order valence-corrected chi connectivity index (χ2v) is 15.3. The van der Waals surface area contributed by atoms with Crippen LogP contribution in [0.5, 0.6) is 11.8 Å². The average molecular weight is 700 g/mol. The quantitative estimate of drug-likeness (QED) is 0.309. The van der Waals surface area contributed by atoms with Gasteiger partial charge in [0.05, 0.1) is 35.6 Å². The second kappa shape index (κ2) is 12.2. The molecule has 2 spiro atoms. The summed E-state index contributed by atoms with van der Waals surface area (Å²) in [7, 11) is 1.85. The Labute approximate surface area is 294 Å². The van der Waals surface area contributed by atoms with Crippen molar-refractivity contribution in [1.82, 2.24) is 30.1 Å². The predicted octanol–water partition coefficient (Wildman–Crippen LogP) is 4.57. The fourth-order valence-corrected chi connectivity index (χ4v) is 9.69. The number of ether oxygens (including phenoxy) is 2. The van der Waals surface area contributed by atoms with Crippen molar-refractivity contribution in [2.45, 2.75) is 75.1 Å². The Hall–Kier alpha value is -4.20. The molecule has 4 aromatic rings. The Morgan fingerprint density at radius 1 is 1.14 bits per heavy atom. The molecule has 0 saturated carbocycles. The molecule has 0 unspecified atom stereocenters. The number of pyridine rings is 1. The summed E-state index contributed by atoms with van der Waals surface area (Å²) >= 11 is 0. The van der Waals surface area contributed by atoms with E-state index >= 15 is 8.78 Å². The number of hydrogen-bond donors (Lipinski definition) is 2. The minimum absolute atomic E-state index is 0.0158. The van der Waals surface area contributed by atoms with E-state index in [9.17, 15) is 9.90 Å². The molecule has 13 heteroatoms. The summed E-state index contributed by atoms with van der Waals surface area (Å²) in [6.45, 7) is 5.94. The van der Waals surface area contributed by atoms with E-state index in [-0.39, 0.29) is 52.1 Å². The summed E-state index contributed by atoms with van der Waals surface area (Å²) in [5, 5.41) is 16.0. The first-order valence-electron chi connectivity index (χ1n) is 18.2. The van der Waals surface area contributed by atoms with Crippen LogP contribution in [-0.2, 0) is 16.0 Å². The van der Waals surface area contributed by atoms with Gasteiger partial charge >= 0.3 is 6.01 Å². The molecule has 4 saturated heterocycles. The number of likely N-dealkylation sites (N-methyl/N-ethyl adjacent to an activating group) is 1. The lowest BCUT2D eigenvalue weighted by Crippen LogP contribution is -2.64. The fourth-order valence-electron chi connectivity index (χ4n) is 9.69. The van der Waals surface area contributed by atoms with Gasteiger partial charge in [0.2, 0.25) is 5.91 Å². The fraction of sp³-hybridized carbons (Fsp3) is 0.526. The first kappa shape index (κ1) is 32.7. The highest BCUT2D eigenvalue weighted by Crippen LogP contribution is 2.43. The van der Waals surface area contributed by atoms with Crippen molar-refractivity contribution in [1.29, 1.82) is 0 Å². The molecule has 9 rings (SSSR count). The number of rotatable bonds is 2. The minimum Gasteiger partial charge on any atom is -0.508 e. The lowest BCUT2D eigenvalue weighted by atomic mass is 9.94. The number of nitrogens with one attached hydrogen (secondary N) is 1. The molecule has 11 nitrogen and oxygen atoms in total. The molecule has 0 radical (unpaired) electrons. The number of aromatic nitrogens is 3. The Bertz CT molecular complexity index is 2070. The van der Waals surface area contributed by atoms with Gasteiger partial charge in [-0.05, 0) is 79.6 Å². The molecule has 5 aliphatic rings. The van der Waals surface area contributed by atoms with Crippen LogP contribution in [-0.4, -0.2) is 112 Å². The highest BCUT2D eigenvalue weighted by atomic mass is 19.1. The standard InChI is InChI=1S/C38H43F2N7O4/c1-3-26-29(39)6-5-22-13-24(48)14-27(31(22)26)33-32(40)34-28(16-41-33)35-43-36(42-34)51-21-38-9-4-11-47(38)18-25(15-38)50-12-8-30(49)45(2)19-37-10-7-23(44-37)17-46(35)20-37/h5-6,13-14,16,23,25,44,48H,3-4,7-12,15,17-21H2,1-2H3/t23-,25+,37-,38+/m0/s1. The second-order valence-electron chi connectivity index (χ2n) is 15.3. The van der Waals surface area contributed by atoms with E-state index in [4.69, 9.17) is 19.4 Å². The maximum absolute atomic E-state index is 17.2. The third-order valence-electron chi connectivity index (χ3n) is 12.0. The largest absolute Gasteiger partial charge is 0.508 e. The summed E-state index contributed by atoms with van der Waals surface area (Å²) in [5.74, 6) is -0.597. The van der Waals surface area contributed by atoms with Crippen molar-refractivity contribution in [3.05, 3.63) is 47.7 Å². The van der Waals surface area contributed by atoms with Crippen LogP contribution in [0, 0.1) is 11.6 Å². The van der Waals surface area contributed by atoms with Gasteiger partial charge in [-0.1, -0.05) is 13.0 Å².